The predicted molar refractivity (Wildman–Crippen MR) is 133 cm³/mol. The van der Waals surface area contributed by atoms with Gasteiger partial charge in [-0.05, 0) is 49.7 Å². The minimum Gasteiger partial charge on any atom is -0.487 e. The van der Waals surface area contributed by atoms with Crippen molar-refractivity contribution in [3.05, 3.63) is 110 Å². The molecule has 4 aromatic rings. The van der Waals surface area contributed by atoms with Gasteiger partial charge in [-0.1, -0.05) is 65.3 Å². The van der Waals surface area contributed by atoms with Crippen LogP contribution in [-0.4, -0.2) is 26.2 Å². The van der Waals surface area contributed by atoms with Crippen molar-refractivity contribution in [3.8, 4) is 11.4 Å². The molecule has 0 bridgehead atoms. The van der Waals surface area contributed by atoms with Gasteiger partial charge >= 0.3 is 0 Å². The summed E-state index contributed by atoms with van der Waals surface area (Å²) in [4.78, 5) is 11.1. The summed E-state index contributed by atoms with van der Waals surface area (Å²) in [5, 5.41) is 20.2. The molecule has 7 nitrogen and oxygen atoms in total. The van der Waals surface area contributed by atoms with Crippen LogP contribution in [0.15, 0.2) is 71.9 Å². The van der Waals surface area contributed by atoms with Gasteiger partial charge in [-0.2, -0.15) is 0 Å². The monoisotopic (exact) mass is 512 g/mol. The Labute approximate surface area is 211 Å². The first kappa shape index (κ1) is 24.7. The summed E-state index contributed by atoms with van der Waals surface area (Å²) in [6.07, 6.45) is 0. The van der Waals surface area contributed by atoms with Crippen LogP contribution in [-0.2, 0) is 6.61 Å². The molecule has 1 atom stereocenters. The summed E-state index contributed by atoms with van der Waals surface area (Å²) in [6, 6.07) is 19.2. The molecule has 0 saturated heterocycles. The van der Waals surface area contributed by atoms with E-state index in [4.69, 9.17) is 16.3 Å². The number of benzene rings is 3. The Morgan fingerprint density at radius 3 is 2.54 bits per heavy atom. The molecule has 1 aromatic heterocycles. The smallest absolute Gasteiger partial charge is 0.220 e. The molecule has 0 aliphatic rings. The van der Waals surface area contributed by atoms with Gasteiger partial charge < -0.3 is 4.74 Å². The molecule has 0 aliphatic carbocycles. The lowest BCUT2D eigenvalue weighted by Crippen LogP contribution is -2.11. The van der Waals surface area contributed by atoms with Crippen molar-refractivity contribution in [1.82, 2.24) is 14.8 Å². The fourth-order valence-corrected chi connectivity index (χ4v) is 4.90. The third kappa shape index (κ3) is 5.98. The summed E-state index contributed by atoms with van der Waals surface area (Å²) in [6.45, 7) is 3.50. The van der Waals surface area contributed by atoms with Crippen molar-refractivity contribution >= 4 is 23.4 Å². The molecule has 0 unspecified atom stereocenters. The summed E-state index contributed by atoms with van der Waals surface area (Å²) in [7, 11) is 0. The van der Waals surface area contributed by atoms with E-state index >= 15 is 0 Å². The number of halogens is 2. The number of nitrogens with zero attached hydrogens (tertiary/aromatic N) is 4. The molecular weight excluding hydrogens is 491 g/mol. The van der Waals surface area contributed by atoms with Crippen LogP contribution in [0.1, 0.15) is 27.8 Å². The van der Waals surface area contributed by atoms with Crippen LogP contribution in [0, 0.1) is 29.8 Å². The Morgan fingerprint density at radius 1 is 1.11 bits per heavy atom. The van der Waals surface area contributed by atoms with Crippen molar-refractivity contribution < 1.29 is 14.1 Å². The zero-order valence-electron chi connectivity index (χ0n) is 19.0. The van der Waals surface area contributed by atoms with Crippen LogP contribution >= 0.6 is 23.4 Å². The summed E-state index contributed by atoms with van der Waals surface area (Å²) >= 11 is 7.68. The van der Waals surface area contributed by atoms with E-state index in [0.717, 1.165) is 11.3 Å². The maximum atomic E-state index is 13.9. The van der Waals surface area contributed by atoms with Crippen molar-refractivity contribution in [2.24, 2.45) is 0 Å². The highest BCUT2D eigenvalue weighted by Gasteiger charge is 2.24. The van der Waals surface area contributed by atoms with Gasteiger partial charge in [0.1, 0.15) is 29.2 Å². The molecule has 0 spiro atoms. The SMILES string of the molecule is Cc1ccc(-n2c(C)nnc2S[C@H](C[N+](=O)[O-])c2ccc(OCc3ccccc3F)c(Cl)c2)cc1. The minimum atomic E-state index is -0.573. The van der Waals surface area contributed by atoms with Crippen LogP contribution in [0.25, 0.3) is 5.69 Å². The van der Waals surface area contributed by atoms with Gasteiger partial charge in [-0.15, -0.1) is 10.2 Å². The maximum Gasteiger partial charge on any atom is 0.220 e. The van der Waals surface area contributed by atoms with Crippen LogP contribution in [0.2, 0.25) is 5.02 Å². The van der Waals surface area contributed by atoms with E-state index in [1.54, 1.807) is 36.4 Å². The standard InChI is InChI=1S/C25H22ClFN4O3S/c1-16-7-10-20(11-8-16)31-17(2)28-29-25(31)35-24(14-30(32)33)18-9-12-23(21(26)13-18)34-15-19-5-3-4-6-22(19)27/h3-13,24H,14-15H2,1-2H3/t24-/m1/s1. The highest BCUT2D eigenvalue weighted by atomic mass is 35.5. The molecule has 0 fully saturated rings. The Morgan fingerprint density at radius 2 is 1.86 bits per heavy atom. The number of thioether (sulfide) groups is 1. The van der Waals surface area contributed by atoms with E-state index in [0.29, 0.717) is 27.9 Å². The molecule has 180 valence electrons. The lowest BCUT2D eigenvalue weighted by atomic mass is 10.1. The topological polar surface area (TPSA) is 83.1 Å². The lowest BCUT2D eigenvalue weighted by Gasteiger charge is -2.16. The predicted octanol–water partition coefficient (Wildman–Crippen LogP) is 6.37. The van der Waals surface area contributed by atoms with Crippen molar-refractivity contribution in [2.45, 2.75) is 30.9 Å². The number of hydrogen-bond acceptors (Lipinski definition) is 6. The summed E-state index contributed by atoms with van der Waals surface area (Å²) in [5.74, 6) is 0.670. The highest BCUT2D eigenvalue weighted by Crippen LogP contribution is 2.38. The molecule has 0 aliphatic heterocycles. The third-order valence-electron chi connectivity index (χ3n) is 5.32. The molecule has 10 heteroatoms. The number of rotatable bonds is 9. The van der Waals surface area contributed by atoms with E-state index in [1.165, 1.54) is 17.8 Å². The van der Waals surface area contributed by atoms with Gasteiger partial charge in [-0.3, -0.25) is 14.7 Å². The number of hydrogen-bond donors (Lipinski definition) is 0. The van der Waals surface area contributed by atoms with Gasteiger partial charge in [-0.25, -0.2) is 4.39 Å². The Kier molecular flexibility index (Phi) is 7.67. The fourth-order valence-electron chi connectivity index (χ4n) is 3.49. The van der Waals surface area contributed by atoms with E-state index < -0.39 is 5.25 Å². The average Bonchev–Trinajstić information content (AvgIpc) is 3.19. The number of ether oxygens (including phenoxy) is 1. The van der Waals surface area contributed by atoms with Gasteiger partial charge in [0.05, 0.1) is 5.02 Å². The normalized spacial score (nSPS) is 11.9. The van der Waals surface area contributed by atoms with Gasteiger partial charge in [0.25, 0.3) is 0 Å². The largest absolute Gasteiger partial charge is 0.487 e. The van der Waals surface area contributed by atoms with Crippen molar-refractivity contribution in [1.29, 1.82) is 0 Å². The second-order valence-corrected chi connectivity index (χ2v) is 9.47. The highest BCUT2D eigenvalue weighted by molar-refractivity contribution is 7.99. The first-order chi connectivity index (χ1) is 16.8. The number of nitro groups is 1. The average molecular weight is 513 g/mol. The summed E-state index contributed by atoms with van der Waals surface area (Å²) < 4.78 is 21.4. The molecule has 3 aromatic carbocycles. The van der Waals surface area contributed by atoms with Gasteiger partial charge in [0.2, 0.25) is 6.54 Å². The minimum absolute atomic E-state index is 0.0117. The zero-order valence-corrected chi connectivity index (χ0v) is 20.6. The van der Waals surface area contributed by atoms with Crippen LogP contribution in [0.3, 0.4) is 0 Å². The molecule has 1 heterocycles. The van der Waals surface area contributed by atoms with E-state index in [-0.39, 0.29) is 28.9 Å². The lowest BCUT2D eigenvalue weighted by molar-refractivity contribution is -0.479. The van der Waals surface area contributed by atoms with Crippen LogP contribution < -0.4 is 4.74 Å². The second kappa shape index (κ2) is 10.9. The van der Waals surface area contributed by atoms with Crippen LogP contribution in [0.5, 0.6) is 5.75 Å². The van der Waals surface area contributed by atoms with Crippen molar-refractivity contribution in [3.63, 3.8) is 0 Å². The van der Waals surface area contributed by atoms with E-state index in [2.05, 4.69) is 10.2 Å². The number of aromatic nitrogens is 3. The first-order valence-electron chi connectivity index (χ1n) is 10.7. The van der Waals surface area contributed by atoms with Gasteiger partial charge in [0, 0.05) is 16.2 Å². The third-order valence-corrected chi connectivity index (χ3v) is 6.79. The Bertz CT molecular complexity index is 1350. The van der Waals surface area contributed by atoms with Crippen LogP contribution in [0.4, 0.5) is 4.39 Å². The Hall–Kier alpha value is -3.43. The fraction of sp³-hybridized carbons (Fsp3) is 0.200. The van der Waals surface area contributed by atoms with Crippen molar-refractivity contribution in [2.75, 3.05) is 6.54 Å². The molecule has 0 radical (unpaired) electrons. The van der Waals surface area contributed by atoms with Gasteiger partial charge in [0.15, 0.2) is 5.16 Å². The molecule has 0 saturated carbocycles. The quantitative estimate of drug-likeness (QED) is 0.147. The summed E-state index contributed by atoms with van der Waals surface area (Å²) in [5.41, 5.74) is 3.04. The number of aryl methyl sites for hydroxylation is 2. The van der Waals surface area contributed by atoms with E-state index in [9.17, 15) is 14.5 Å². The molecule has 0 amide bonds. The molecule has 0 N–H and O–H groups in total. The molecular formula is C25H22ClFN4O3S. The second-order valence-electron chi connectivity index (χ2n) is 7.89. The Balaban J connectivity index is 1.58. The first-order valence-corrected chi connectivity index (χ1v) is 12.0. The van der Waals surface area contributed by atoms with E-state index in [1.807, 2.05) is 42.7 Å². The molecule has 35 heavy (non-hydrogen) atoms. The zero-order chi connectivity index (χ0) is 24.9. The maximum absolute atomic E-state index is 13.9. The molecule has 4 rings (SSSR count).